The fourth-order valence-electron chi connectivity index (χ4n) is 1.28. The second-order valence-electron chi connectivity index (χ2n) is 3.41. The van der Waals surface area contributed by atoms with Gasteiger partial charge in [0.15, 0.2) is 0 Å². The first-order valence-electron chi connectivity index (χ1n) is 5.30. The molecule has 0 atom stereocenters. The van der Waals surface area contributed by atoms with Crippen LogP contribution < -0.4 is 15.4 Å². The standard InChI is InChI=1S/C12H16N2O3/c1-13-11(15)6-7-14-12(16)9-4-3-5-10(8-9)17-2/h3-5,8H,6-7H2,1-2H3,(H,13,15)(H,14,16). The average Bonchev–Trinajstić information content (AvgIpc) is 2.38. The molecule has 0 saturated heterocycles. The molecule has 0 unspecified atom stereocenters. The minimum absolute atomic E-state index is 0.101. The summed E-state index contributed by atoms with van der Waals surface area (Å²) in [5.41, 5.74) is 0.515. The van der Waals surface area contributed by atoms with E-state index in [0.717, 1.165) is 0 Å². The summed E-state index contributed by atoms with van der Waals surface area (Å²) in [6.07, 6.45) is 0.270. The molecule has 1 rings (SSSR count). The predicted octanol–water partition coefficient (Wildman–Crippen LogP) is 0.561. The minimum atomic E-state index is -0.215. The van der Waals surface area contributed by atoms with Crippen LogP contribution in [-0.4, -0.2) is 32.5 Å². The second-order valence-corrected chi connectivity index (χ2v) is 3.41. The van der Waals surface area contributed by atoms with Crippen LogP contribution in [0, 0.1) is 0 Å². The Kier molecular flexibility index (Phi) is 5.00. The van der Waals surface area contributed by atoms with Gasteiger partial charge in [0.05, 0.1) is 7.11 Å². The van der Waals surface area contributed by atoms with Crippen molar-refractivity contribution in [3.63, 3.8) is 0 Å². The van der Waals surface area contributed by atoms with E-state index in [0.29, 0.717) is 17.9 Å². The average molecular weight is 236 g/mol. The Balaban J connectivity index is 2.49. The molecular weight excluding hydrogens is 220 g/mol. The van der Waals surface area contributed by atoms with Gasteiger partial charge in [-0.15, -0.1) is 0 Å². The maximum atomic E-state index is 11.7. The fraction of sp³-hybridized carbons (Fsp3) is 0.333. The maximum Gasteiger partial charge on any atom is 0.251 e. The molecule has 0 aromatic heterocycles. The number of carbonyl (C=O) groups excluding carboxylic acids is 2. The highest BCUT2D eigenvalue weighted by Gasteiger charge is 2.06. The van der Waals surface area contributed by atoms with Crippen molar-refractivity contribution in [2.24, 2.45) is 0 Å². The Morgan fingerprint density at radius 3 is 2.76 bits per heavy atom. The third kappa shape index (κ3) is 4.14. The Hall–Kier alpha value is -2.04. The zero-order valence-corrected chi connectivity index (χ0v) is 9.95. The number of hydrogen-bond donors (Lipinski definition) is 2. The number of ether oxygens (including phenoxy) is 1. The van der Waals surface area contributed by atoms with Crippen LogP contribution in [0.4, 0.5) is 0 Å². The molecule has 0 fully saturated rings. The molecular formula is C12H16N2O3. The predicted molar refractivity (Wildman–Crippen MR) is 64.0 cm³/mol. The summed E-state index contributed by atoms with van der Waals surface area (Å²) >= 11 is 0. The SMILES string of the molecule is CNC(=O)CCNC(=O)c1cccc(OC)c1. The molecule has 0 heterocycles. The van der Waals surface area contributed by atoms with Gasteiger partial charge in [-0.2, -0.15) is 0 Å². The van der Waals surface area contributed by atoms with Crippen molar-refractivity contribution in [3.8, 4) is 5.75 Å². The van der Waals surface area contributed by atoms with Crippen LogP contribution >= 0.6 is 0 Å². The third-order valence-electron chi connectivity index (χ3n) is 2.25. The van der Waals surface area contributed by atoms with E-state index in [4.69, 9.17) is 4.74 Å². The first-order valence-corrected chi connectivity index (χ1v) is 5.30. The molecule has 0 aliphatic rings. The van der Waals surface area contributed by atoms with Crippen LogP contribution in [-0.2, 0) is 4.79 Å². The number of amides is 2. The molecule has 92 valence electrons. The molecule has 2 N–H and O–H groups in total. The van der Waals surface area contributed by atoms with Crippen LogP contribution in [0.2, 0.25) is 0 Å². The van der Waals surface area contributed by atoms with E-state index < -0.39 is 0 Å². The van der Waals surface area contributed by atoms with Gasteiger partial charge in [-0.3, -0.25) is 9.59 Å². The number of carbonyl (C=O) groups is 2. The van der Waals surface area contributed by atoms with Gasteiger partial charge in [0.2, 0.25) is 5.91 Å². The summed E-state index contributed by atoms with van der Waals surface area (Å²) in [6.45, 7) is 0.315. The zero-order chi connectivity index (χ0) is 12.7. The van der Waals surface area contributed by atoms with Crippen molar-refractivity contribution in [2.45, 2.75) is 6.42 Å². The van der Waals surface area contributed by atoms with E-state index in [2.05, 4.69) is 10.6 Å². The number of methoxy groups -OCH3 is 1. The van der Waals surface area contributed by atoms with E-state index in [-0.39, 0.29) is 18.2 Å². The second kappa shape index (κ2) is 6.52. The lowest BCUT2D eigenvalue weighted by Crippen LogP contribution is -2.29. The summed E-state index contributed by atoms with van der Waals surface area (Å²) < 4.78 is 5.02. The monoisotopic (exact) mass is 236 g/mol. The molecule has 0 aliphatic carbocycles. The largest absolute Gasteiger partial charge is 0.497 e. The van der Waals surface area contributed by atoms with E-state index in [1.54, 1.807) is 38.4 Å². The lowest BCUT2D eigenvalue weighted by atomic mass is 10.2. The molecule has 5 nitrogen and oxygen atoms in total. The summed E-state index contributed by atoms with van der Waals surface area (Å²) in [4.78, 5) is 22.6. The van der Waals surface area contributed by atoms with Crippen LogP contribution in [0.3, 0.4) is 0 Å². The van der Waals surface area contributed by atoms with Gasteiger partial charge < -0.3 is 15.4 Å². The van der Waals surface area contributed by atoms with Crippen LogP contribution in [0.1, 0.15) is 16.8 Å². The van der Waals surface area contributed by atoms with E-state index in [1.807, 2.05) is 0 Å². The van der Waals surface area contributed by atoms with E-state index >= 15 is 0 Å². The van der Waals surface area contributed by atoms with E-state index in [9.17, 15) is 9.59 Å². The number of rotatable bonds is 5. The molecule has 0 saturated carbocycles. The lowest BCUT2D eigenvalue weighted by molar-refractivity contribution is -0.120. The molecule has 1 aromatic carbocycles. The van der Waals surface area contributed by atoms with Gasteiger partial charge in [0.1, 0.15) is 5.75 Å². The molecule has 0 radical (unpaired) electrons. The smallest absolute Gasteiger partial charge is 0.251 e. The van der Waals surface area contributed by atoms with Gasteiger partial charge in [0, 0.05) is 25.6 Å². The molecule has 1 aromatic rings. The van der Waals surface area contributed by atoms with E-state index in [1.165, 1.54) is 0 Å². The Labute approximate surface area is 100 Å². The Bertz CT molecular complexity index is 404. The van der Waals surface area contributed by atoms with Crippen LogP contribution in [0.25, 0.3) is 0 Å². The number of hydrogen-bond acceptors (Lipinski definition) is 3. The topological polar surface area (TPSA) is 67.4 Å². The zero-order valence-electron chi connectivity index (χ0n) is 9.95. The van der Waals surface area contributed by atoms with Gasteiger partial charge in [-0.05, 0) is 18.2 Å². The van der Waals surface area contributed by atoms with Gasteiger partial charge >= 0.3 is 0 Å². The van der Waals surface area contributed by atoms with Crippen molar-refractivity contribution in [1.29, 1.82) is 0 Å². The van der Waals surface area contributed by atoms with Crippen molar-refractivity contribution >= 4 is 11.8 Å². The molecule has 5 heteroatoms. The normalized spacial score (nSPS) is 9.53. The molecule has 0 aliphatic heterocycles. The molecule has 17 heavy (non-hydrogen) atoms. The molecule has 2 amide bonds. The van der Waals surface area contributed by atoms with Crippen molar-refractivity contribution < 1.29 is 14.3 Å². The highest BCUT2D eigenvalue weighted by Crippen LogP contribution is 2.12. The van der Waals surface area contributed by atoms with Gasteiger partial charge in [-0.25, -0.2) is 0 Å². The van der Waals surface area contributed by atoms with Gasteiger partial charge in [0.25, 0.3) is 5.91 Å². The number of benzene rings is 1. The van der Waals surface area contributed by atoms with Crippen molar-refractivity contribution in [1.82, 2.24) is 10.6 Å². The highest BCUT2D eigenvalue weighted by molar-refractivity contribution is 5.94. The van der Waals surface area contributed by atoms with Crippen molar-refractivity contribution in [3.05, 3.63) is 29.8 Å². The van der Waals surface area contributed by atoms with Crippen LogP contribution in [0.15, 0.2) is 24.3 Å². The maximum absolute atomic E-state index is 11.7. The van der Waals surface area contributed by atoms with Gasteiger partial charge in [-0.1, -0.05) is 6.07 Å². The minimum Gasteiger partial charge on any atom is -0.497 e. The number of nitrogens with one attached hydrogen (secondary N) is 2. The summed E-state index contributed by atoms with van der Waals surface area (Å²) in [7, 11) is 3.11. The van der Waals surface area contributed by atoms with Crippen LogP contribution in [0.5, 0.6) is 5.75 Å². The summed E-state index contributed by atoms with van der Waals surface area (Å²) in [5.74, 6) is 0.313. The first kappa shape index (κ1) is 13.0. The Morgan fingerprint density at radius 2 is 2.12 bits per heavy atom. The third-order valence-corrected chi connectivity index (χ3v) is 2.25. The first-order chi connectivity index (χ1) is 8.17. The Morgan fingerprint density at radius 1 is 1.35 bits per heavy atom. The van der Waals surface area contributed by atoms with Crippen molar-refractivity contribution in [2.75, 3.05) is 20.7 Å². The summed E-state index contributed by atoms with van der Waals surface area (Å²) in [5, 5.41) is 5.15. The summed E-state index contributed by atoms with van der Waals surface area (Å²) in [6, 6.07) is 6.85. The quantitative estimate of drug-likeness (QED) is 0.785. The fourth-order valence-corrected chi connectivity index (χ4v) is 1.28. The highest BCUT2D eigenvalue weighted by atomic mass is 16.5. The molecule has 0 bridgehead atoms. The molecule has 0 spiro atoms. The lowest BCUT2D eigenvalue weighted by Gasteiger charge is -2.06.